The maximum absolute atomic E-state index is 12.0. The number of amides is 1. The Kier molecular flexibility index (Phi) is 4.53. The van der Waals surface area contributed by atoms with E-state index in [2.05, 4.69) is 6.92 Å². The minimum absolute atomic E-state index is 0.0632. The summed E-state index contributed by atoms with van der Waals surface area (Å²) >= 11 is 1.44. The summed E-state index contributed by atoms with van der Waals surface area (Å²) < 4.78 is 0. The zero-order chi connectivity index (χ0) is 13.0. The van der Waals surface area contributed by atoms with Crippen molar-refractivity contribution in [3.63, 3.8) is 0 Å². The van der Waals surface area contributed by atoms with E-state index in [4.69, 9.17) is 0 Å². The Labute approximate surface area is 112 Å². The lowest BCUT2D eigenvalue weighted by molar-refractivity contribution is -0.130. The number of ketones is 1. The predicted octanol–water partition coefficient (Wildman–Crippen LogP) is 2.97. The quantitative estimate of drug-likeness (QED) is 0.785. The fraction of sp³-hybridized carbons (Fsp3) is 0.571. The Morgan fingerprint density at radius 2 is 2.33 bits per heavy atom. The van der Waals surface area contributed by atoms with Gasteiger partial charge in [0.05, 0.1) is 11.4 Å². The number of hydrogen-bond acceptors (Lipinski definition) is 3. The van der Waals surface area contributed by atoms with Crippen molar-refractivity contribution in [2.75, 3.05) is 13.1 Å². The van der Waals surface area contributed by atoms with Crippen molar-refractivity contribution in [1.29, 1.82) is 0 Å². The van der Waals surface area contributed by atoms with Crippen molar-refractivity contribution in [3.05, 3.63) is 22.4 Å². The van der Waals surface area contributed by atoms with Crippen LogP contribution in [0.2, 0.25) is 0 Å². The maximum atomic E-state index is 12.0. The summed E-state index contributed by atoms with van der Waals surface area (Å²) in [6, 6.07) is 3.69. The van der Waals surface area contributed by atoms with E-state index in [0.29, 0.717) is 12.3 Å². The van der Waals surface area contributed by atoms with E-state index in [-0.39, 0.29) is 18.2 Å². The molecule has 1 aliphatic rings. The van der Waals surface area contributed by atoms with Crippen molar-refractivity contribution >= 4 is 23.0 Å². The lowest BCUT2D eigenvalue weighted by atomic mass is 9.98. The van der Waals surface area contributed by atoms with Crippen molar-refractivity contribution in [1.82, 2.24) is 4.90 Å². The second kappa shape index (κ2) is 6.14. The number of hydrogen-bond donors (Lipinski definition) is 0. The maximum Gasteiger partial charge on any atom is 0.222 e. The van der Waals surface area contributed by atoms with E-state index >= 15 is 0 Å². The van der Waals surface area contributed by atoms with Gasteiger partial charge in [0.15, 0.2) is 5.78 Å². The first-order chi connectivity index (χ1) is 8.70. The van der Waals surface area contributed by atoms with Gasteiger partial charge in [-0.15, -0.1) is 11.3 Å². The van der Waals surface area contributed by atoms with Crippen LogP contribution in [0, 0.1) is 5.92 Å². The molecule has 0 spiro atoms. The number of likely N-dealkylation sites (tertiary alicyclic amines) is 1. The highest BCUT2D eigenvalue weighted by molar-refractivity contribution is 7.12. The normalized spacial score (nSPS) is 20.8. The van der Waals surface area contributed by atoms with Crippen LogP contribution < -0.4 is 0 Å². The molecule has 1 fully saturated rings. The minimum Gasteiger partial charge on any atom is -0.335 e. The first-order valence-corrected chi connectivity index (χ1v) is 7.43. The number of carbonyl (C=O) groups is 2. The topological polar surface area (TPSA) is 37.4 Å². The van der Waals surface area contributed by atoms with E-state index in [9.17, 15) is 9.59 Å². The summed E-state index contributed by atoms with van der Waals surface area (Å²) in [5.41, 5.74) is 0. The highest BCUT2D eigenvalue weighted by atomic mass is 32.1. The number of carbonyl (C=O) groups excluding carboxylic acids is 2. The fourth-order valence-corrected chi connectivity index (χ4v) is 3.01. The van der Waals surface area contributed by atoms with E-state index in [0.717, 1.165) is 30.7 Å². The summed E-state index contributed by atoms with van der Waals surface area (Å²) in [4.78, 5) is 26.4. The third-order valence-corrected chi connectivity index (χ3v) is 4.55. The molecule has 1 unspecified atom stereocenters. The first kappa shape index (κ1) is 13.3. The number of nitrogens with zero attached hydrogens (tertiary/aromatic N) is 1. The molecule has 0 radical (unpaired) electrons. The van der Waals surface area contributed by atoms with Crippen molar-refractivity contribution in [3.8, 4) is 0 Å². The van der Waals surface area contributed by atoms with Gasteiger partial charge in [-0.1, -0.05) is 19.4 Å². The average molecular weight is 265 g/mol. The highest BCUT2D eigenvalue weighted by Gasteiger charge is 2.23. The summed E-state index contributed by atoms with van der Waals surface area (Å²) in [5.74, 6) is 0.833. The molecule has 2 heterocycles. The summed E-state index contributed by atoms with van der Waals surface area (Å²) in [6.45, 7) is 3.14. The molecule has 0 saturated carbocycles. The lowest BCUT2D eigenvalue weighted by Gasteiger charge is -2.19. The standard InChI is InChI=1S/C14H19NO2S/c1-2-11-5-6-14(17)15(8-7-11)10-12(16)13-4-3-9-18-13/h3-4,9,11H,2,5-8,10H2,1H3. The van der Waals surface area contributed by atoms with Gasteiger partial charge in [0, 0.05) is 13.0 Å². The minimum atomic E-state index is 0.0632. The number of thiophene rings is 1. The Bertz CT molecular complexity index is 413. The molecule has 1 saturated heterocycles. The molecule has 2 rings (SSSR count). The highest BCUT2D eigenvalue weighted by Crippen LogP contribution is 2.21. The third kappa shape index (κ3) is 3.19. The second-order valence-electron chi connectivity index (χ2n) is 4.82. The molecule has 1 aromatic rings. The van der Waals surface area contributed by atoms with Gasteiger partial charge in [0.1, 0.15) is 0 Å². The van der Waals surface area contributed by atoms with Gasteiger partial charge in [-0.25, -0.2) is 0 Å². The van der Waals surface area contributed by atoms with Crippen molar-refractivity contribution in [2.45, 2.75) is 32.6 Å². The summed E-state index contributed by atoms with van der Waals surface area (Å²) in [5, 5.41) is 1.89. The monoisotopic (exact) mass is 265 g/mol. The molecule has 0 bridgehead atoms. The average Bonchev–Trinajstić information content (AvgIpc) is 2.85. The molecule has 18 heavy (non-hydrogen) atoms. The van der Waals surface area contributed by atoms with Crippen LogP contribution in [0.5, 0.6) is 0 Å². The number of rotatable bonds is 4. The van der Waals surface area contributed by atoms with E-state index < -0.39 is 0 Å². The SMILES string of the molecule is CCC1CCC(=O)N(CC(=O)c2cccs2)CC1. The second-order valence-corrected chi connectivity index (χ2v) is 5.77. The van der Waals surface area contributed by atoms with Gasteiger partial charge in [-0.3, -0.25) is 9.59 Å². The fourth-order valence-electron chi connectivity index (χ4n) is 2.36. The molecular weight excluding hydrogens is 246 g/mol. The molecule has 1 aliphatic heterocycles. The largest absolute Gasteiger partial charge is 0.335 e. The molecule has 0 aliphatic carbocycles. The smallest absolute Gasteiger partial charge is 0.222 e. The van der Waals surface area contributed by atoms with Crippen LogP contribution in [0.4, 0.5) is 0 Å². The Balaban J connectivity index is 1.96. The Hall–Kier alpha value is -1.16. The molecule has 3 nitrogen and oxygen atoms in total. The molecule has 1 atom stereocenters. The molecule has 0 N–H and O–H groups in total. The zero-order valence-electron chi connectivity index (χ0n) is 10.7. The van der Waals surface area contributed by atoms with Crippen LogP contribution in [-0.2, 0) is 4.79 Å². The van der Waals surface area contributed by atoms with Crippen LogP contribution in [0.15, 0.2) is 17.5 Å². The van der Waals surface area contributed by atoms with Crippen molar-refractivity contribution in [2.24, 2.45) is 5.92 Å². The lowest BCUT2D eigenvalue weighted by Crippen LogP contribution is -2.35. The van der Waals surface area contributed by atoms with E-state index in [1.807, 2.05) is 17.5 Å². The summed E-state index contributed by atoms with van der Waals surface area (Å²) in [6.07, 6.45) is 3.72. The first-order valence-electron chi connectivity index (χ1n) is 6.55. The molecule has 1 aromatic heterocycles. The Morgan fingerprint density at radius 1 is 1.50 bits per heavy atom. The third-order valence-electron chi connectivity index (χ3n) is 3.63. The van der Waals surface area contributed by atoms with Gasteiger partial charge in [0.2, 0.25) is 5.91 Å². The zero-order valence-corrected chi connectivity index (χ0v) is 11.5. The van der Waals surface area contributed by atoms with Gasteiger partial charge in [-0.05, 0) is 30.2 Å². The summed E-state index contributed by atoms with van der Waals surface area (Å²) in [7, 11) is 0. The van der Waals surface area contributed by atoms with Crippen LogP contribution in [-0.4, -0.2) is 29.7 Å². The Morgan fingerprint density at radius 3 is 3.00 bits per heavy atom. The predicted molar refractivity (Wildman–Crippen MR) is 72.9 cm³/mol. The van der Waals surface area contributed by atoms with Crippen LogP contribution in [0.1, 0.15) is 42.3 Å². The van der Waals surface area contributed by atoms with Gasteiger partial charge in [0.25, 0.3) is 0 Å². The molecular formula is C14H19NO2S. The van der Waals surface area contributed by atoms with E-state index in [1.54, 1.807) is 4.90 Å². The van der Waals surface area contributed by atoms with Crippen molar-refractivity contribution < 1.29 is 9.59 Å². The van der Waals surface area contributed by atoms with Gasteiger partial charge >= 0.3 is 0 Å². The number of Topliss-reactive ketones (excluding diaryl/α,β-unsaturated/α-hetero) is 1. The van der Waals surface area contributed by atoms with Crippen LogP contribution in [0.25, 0.3) is 0 Å². The molecule has 0 aromatic carbocycles. The molecule has 4 heteroatoms. The molecule has 1 amide bonds. The van der Waals surface area contributed by atoms with Crippen LogP contribution in [0.3, 0.4) is 0 Å². The molecule has 98 valence electrons. The van der Waals surface area contributed by atoms with Gasteiger partial charge < -0.3 is 4.90 Å². The van der Waals surface area contributed by atoms with Crippen LogP contribution >= 0.6 is 11.3 Å². The van der Waals surface area contributed by atoms with E-state index in [1.165, 1.54) is 11.3 Å². The van der Waals surface area contributed by atoms with Gasteiger partial charge in [-0.2, -0.15) is 0 Å².